The number of amides is 1. The van der Waals surface area contributed by atoms with Crippen molar-refractivity contribution in [2.75, 3.05) is 34.0 Å². The maximum absolute atomic E-state index is 13.1. The third-order valence-corrected chi connectivity index (χ3v) is 6.55. The van der Waals surface area contributed by atoms with Gasteiger partial charge in [0.2, 0.25) is 11.3 Å². The van der Waals surface area contributed by atoms with Crippen LogP contribution in [-0.4, -0.2) is 69.5 Å². The number of alkyl halides is 6. The Kier molecular flexibility index (Phi) is 12.6. The Hall–Kier alpha value is -2.25. The highest BCUT2D eigenvalue weighted by Gasteiger charge is 2.72. The molecule has 0 aliphatic heterocycles. The highest BCUT2D eigenvalue weighted by atomic mass is 19.4. The molecule has 1 amide bonds. The number of carbonyl (C=O) groups is 1. The lowest BCUT2D eigenvalue weighted by Gasteiger charge is -2.33. The molecular weight excluding hydrogens is 522 g/mol. The average molecular weight is 561 g/mol. The molecule has 0 spiro atoms. The van der Waals surface area contributed by atoms with Crippen molar-refractivity contribution in [3.63, 3.8) is 0 Å². The molecule has 7 nitrogen and oxygen atoms in total. The van der Waals surface area contributed by atoms with Crippen LogP contribution in [0.1, 0.15) is 39.2 Å². The molecule has 0 radical (unpaired) electrons. The Bertz CT molecular complexity index is 865. The summed E-state index contributed by atoms with van der Waals surface area (Å²) in [6.07, 6.45) is -12.0. The fourth-order valence-electron chi connectivity index (χ4n) is 3.69. The Morgan fingerprint density at radius 2 is 1.66 bits per heavy atom. The minimum Gasteiger partial charge on any atom is -0.493 e. The van der Waals surface area contributed by atoms with Gasteiger partial charge in [0.05, 0.1) is 19.8 Å². The van der Waals surface area contributed by atoms with E-state index in [0.717, 1.165) is 5.56 Å². The van der Waals surface area contributed by atoms with Crippen molar-refractivity contribution < 1.29 is 50.5 Å². The monoisotopic (exact) mass is 560 g/mol. The van der Waals surface area contributed by atoms with E-state index in [0.29, 0.717) is 37.6 Å². The van der Waals surface area contributed by atoms with Crippen molar-refractivity contribution >= 4 is 5.91 Å². The second kappa shape index (κ2) is 14.2. The summed E-state index contributed by atoms with van der Waals surface area (Å²) in [4.78, 5) is 11.9. The van der Waals surface area contributed by atoms with Gasteiger partial charge >= 0.3 is 12.4 Å². The van der Waals surface area contributed by atoms with Crippen LogP contribution < -0.4 is 20.5 Å². The Balaban J connectivity index is 2.88. The number of methoxy groups -OCH3 is 2. The third-order valence-electron chi connectivity index (χ3n) is 6.55. The zero-order chi connectivity index (χ0) is 29.3. The van der Waals surface area contributed by atoms with E-state index in [-0.39, 0.29) is 25.2 Å². The van der Waals surface area contributed by atoms with Gasteiger partial charge in [0, 0.05) is 32.7 Å². The number of nitrogens with two attached hydrogens (primary N) is 1. The SMILES string of the molecule is COCCCOc1cc(CC(CC(N)C(O)CNC(=O)C(C)(C(F)(F)F)C(F)(F)F)C(C)C)ccc1OC. The molecule has 0 heterocycles. The van der Waals surface area contributed by atoms with Crippen LogP contribution in [0.4, 0.5) is 26.3 Å². The molecule has 3 unspecified atom stereocenters. The predicted molar refractivity (Wildman–Crippen MR) is 129 cm³/mol. The predicted octanol–water partition coefficient (Wildman–Crippen LogP) is 4.25. The molecule has 0 saturated heterocycles. The van der Waals surface area contributed by atoms with Gasteiger partial charge in [-0.3, -0.25) is 4.79 Å². The molecular formula is C25H38F6N2O5. The molecule has 13 heteroatoms. The Labute approximate surface area is 219 Å². The van der Waals surface area contributed by atoms with Crippen molar-refractivity contribution in [2.45, 2.75) is 64.5 Å². The highest BCUT2D eigenvalue weighted by Crippen LogP contribution is 2.50. The minimum absolute atomic E-state index is 0.0646. The smallest absolute Gasteiger partial charge is 0.411 e. The number of halogens is 6. The van der Waals surface area contributed by atoms with Gasteiger partial charge in [-0.2, -0.15) is 26.3 Å². The molecule has 220 valence electrons. The lowest BCUT2D eigenvalue weighted by atomic mass is 9.83. The van der Waals surface area contributed by atoms with Crippen LogP contribution in [0.15, 0.2) is 18.2 Å². The molecule has 0 aliphatic carbocycles. The number of aliphatic hydroxyl groups excluding tert-OH is 1. The molecule has 1 aromatic rings. The van der Waals surface area contributed by atoms with Crippen LogP contribution >= 0.6 is 0 Å². The largest absolute Gasteiger partial charge is 0.493 e. The Morgan fingerprint density at radius 1 is 1.05 bits per heavy atom. The summed E-state index contributed by atoms with van der Waals surface area (Å²) in [6, 6.07) is 4.39. The quantitative estimate of drug-likeness (QED) is 0.219. The summed E-state index contributed by atoms with van der Waals surface area (Å²) in [5, 5.41) is 11.9. The van der Waals surface area contributed by atoms with Crippen molar-refractivity contribution in [1.29, 1.82) is 0 Å². The first-order chi connectivity index (χ1) is 17.5. The van der Waals surface area contributed by atoms with Gasteiger partial charge in [0.15, 0.2) is 11.5 Å². The fourth-order valence-corrected chi connectivity index (χ4v) is 3.69. The second-order valence-corrected chi connectivity index (χ2v) is 9.69. The average Bonchev–Trinajstić information content (AvgIpc) is 2.82. The van der Waals surface area contributed by atoms with Crippen LogP contribution in [0, 0.1) is 17.3 Å². The van der Waals surface area contributed by atoms with Gasteiger partial charge in [-0.15, -0.1) is 0 Å². The van der Waals surface area contributed by atoms with E-state index >= 15 is 0 Å². The topological polar surface area (TPSA) is 103 Å². The number of nitrogens with one attached hydrogen (secondary N) is 1. The lowest BCUT2D eigenvalue weighted by Crippen LogP contribution is -2.59. The van der Waals surface area contributed by atoms with E-state index in [1.807, 2.05) is 26.0 Å². The Morgan fingerprint density at radius 3 is 2.16 bits per heavy atom. The van der Waals surface area contributed by atoms with E-state index in [2.05, 4.69) is 0 Å². The molecule has 0 saturated carbocycles. The van der Waals surface area contributed by atoms with Crippen LogP contribution in [-0.2, 0) is 16.0 Å². The molecule has 1 aromatic carbocycles. The van der Waals surface area contributed by atoms with E-state index in [9.17, 15) is 36.2 Å². The summed E-state index contributed by atoms with van der Waals surface area (Å²) in [5.74, 6) is -1.27. The maximum atomic E-state index is 13.1. The summed E-state index contributed by atoms with van der Waals surface area (Å²) in [5.41, 5.74) is 2.30. The maximum Gasteiger partial charge on any atom is 0.411 e. The number of hydrogen-bond acceptors (Lipinski definition) is 6. The van der Waals surface area contributed by atoms with Crippen molar-refractivity contribution in [3.8, 4) is 11.5 Å². The first-order valence-corrected chi connectivity index (χ1v) is 12.1. The van der Waals surface area contributed by atoms with Gasteiger partial charge in [-0.05, 0) is 49.3 Å². The number of ether oxygens (including phenoxy) is 3. The van der Waals surface area contributed by atoms with Gasteiger partial charge in [-0.25, -0.2) is 0 Å². The summed E-state index contributed by atoms with van der Waals surface area (Å²) < 4.78 is 94.7. The van der Waals surface area contributed by atoms with Crippen LogP contribution in [0.2, 0.25) is 0 Å². The summed E-state index contributed by atoms with van der Waals surface area (Å²) in [7, 11) is 3.10. The molecule has 3 atom stereocenters. The van der Waals surface area contributed by atoms with Crippen LogP contribution in [0.25, 0.3) is 0 Å². The van der Waals surface area contributed by atoms with Crippen molar-refractivity contribution in [1.82, 2.24) is 5.32 Å². The molecule has 4 N–H and O–H groups in total. The number of hydrogen-bond donors (Lipinski definition) is 3. The van der Waals surface area contributed by atoms with E-state index in [1.54, 1.807) is 18.5 Å². The number of benzene rings is 1. The van der Waals surface area contributed by atoms with E-state index in [4.69, 9.17) is 19.9 Å². The molecule has 0 aromatic heterocycles. The number of aliphatic hydroxyl groups is 1. The molecule has 1 rings (SSSR count). The standard InChI is InChI=1S/C25H38F6N2O5/c1-15(2)17(11-16-7-8-20(37-5)21(12-16)38-10-6-9-36-4)13-18(32)19(34)14-33-22(35)23(3,24(26,27)28)25(29,30)31/h7-8,12,15,17-19,34H,6,9-11,13-14,32H2,1-5H3,(H,33,35). The first-order valence-electron chi connectivity index (χ1n) is 12.1. The molecule has 0 fully saturated rings. The minimum atomic E-state index is -5.88. The molecule has 38 heavy (non-hydrogen) atoms. The second-order valence-electron chi connectivity index (χ2n) is 9.69. The normalized spacial score (nSPS) is 15.2. The van der Waals surface area contributed by atoms with Gasteiger partial charge < -0.3 is 30.4 Å². The molecule has 0 aliphatic rings. The van der Waals surface area contributed by atoms with Gasteiger partial charge in [0.25, 0.3) is 0 Å². The zero-order valence-corrected chi connectivity index (χ0v) is 22.2. The zero-order valence-electron chi connectivity index (χ0n) is 22.2. The number of carbonyl (C=O) groups excluding carboxylic acids is 1. The van der Waals surface area contributed by atoms with E-state index in [1.165, 1.54) is 7.11 Å². The van der Waals surface area contributed by atoms with Crippen LogP contribution in [0.5, 0.6) is 11.5 Å². The van der Waals surface area contributed by atoms with Crippen LogP contribution in [0.3, 0.4) is 0 Å². The summed E-state index contributed by atoms with van der Waals surface area (Å²) >= 11 is 0. The van der Waals surface area contributed by atoms with Gasteiger partial charge in [0.1, 0.15) is 0 Å². The van der Waals surface area contributed by atoms with Crippen molar-refractivity contribution in [3.05, 3.63) is 23.8 Å². The lowest BCUT2D eigenvalue weighted by molar-refractivity contribution is -0.319. The first kappa shape index (κ1) is 33.8. The highest BCUT2D eigenvalue weighted by molar-refractivity contribution is 5.84. The third kappa shape index (κ3) is 8.91. The van der Waals surface area contributed by atoms with Gasteiger partial charge in [-0.1, -0.05) is 19.9 Å². The fraction of sp³-hybridized carbons (Fsp3) is 0.720. The van der Waals surface area contributed by atoms with Crippen molar-refractivity contribution in [2.24, 2.45) is 23.0 Å². The number of rotatable bonds is 15. The molecule has 0 bridgehead atoms. The van der Waals surface area contributed by atoms with E-state index < -0.39 is 42.4 Å². The summed E-state index contributed by atoms with van der Waals surface area (Å²) in [6.45, 7) is 3.68.